The standard InChI is InChI=1S/C11H8FNS/c12-10-8-13-7-6-11(10)14-9-4-2-1-3-5-9/h1-8H. The molecule has 0 N–H and O–H groups in total. The quantitative estimate of drug-likeness (QED) is 0.745. The molecule has 0 aliphatic carbocycles. The summed E-state index contributed by atoms with van der Waals surface area (Å²) in [4.78, 5) is 5.33. The second-order valence-electron chi connectivity index (χ2n) is 2.72. The van der Waals surface area contributed by atoms with Crippen LogP contribution in [0.5, 0.6) is 0 Å². The summed E-state index contributed by atoms with van der Waals surface area (Å²) < 4.78 is 13.2. The number of hydrogen-bond donors (Lipinski definition) is 0. The van der Waals surface area contributed by atoms with Gasteiger partial charge >= 0.3 is 0 Å². The number of pyridine rings is 1. The van der Waals surface area contributed by atoms with Crippen LogP contribution in [0.25, 0.3) is 0 Å². The number of nitrogens with zero attached hydrogens (tertiary/aromatic N) is 1. The Bertz CT molecular complexity index is 417. The highest BCUT2D eigenvalue weighted by atomic mass is 32.2. The number of benzene rings is 1. The highest BCUT2D eigenvalue weighted by Crippen LogP contribution is 2.28. The van der Waals surface area contributed by atoms with Gasteiger partial charge in [-0.3, -0.25) is 4.98 Å². The first kappa shape index (κ1) is 9.21. The zero-order chi connectivity index (χ0) is 9.80. The molecule has 0 unspecified atom stereocenters. The van der Waals surface area contributed by atoms with Crippen molar-refractivity contribution in [2.24, 2.45) is 0 Å². The van der Waals surface area contributed by atoms with E-state index in [1.807, 2.05) is 30.3 Å². The molecule has 0 aliphatic rings. The molecular formula is C11H8FNS. The molecule has 1 aromatic heterocycles. The van der Waals surface area contributed by atoms with Crippen molar-refractivity contribution >= 4 is 11.8 Å². The van der Waals surface area contributed by atoms with Crippen LogP contribution in [0.2, 0.25) is 0 Å². The van der Waals surface area contributed by atoms with Gasteiger partial charge in [-0.25, -0.2) is 4.39 Å². The Balaban J connectivity index is 2.24. The Labute approximate surface area is 86.0 Å². The summed E-state index contributed by atoms with van der Waals surface area (Å²) in [5.74, 6) is -0.277. The van der Waals surface area contributed by atoms with Crippen LogP contribution in [0, 0.1) is 5.82 Å². The minimum Gasteiger partial charge on any atom is -0.262 e. The molecule has 2 aromatic rings. The lowest BCUT2D eigenvalue weighted by molar-refractivity contribution is 0.595. The summed E-state index contributed by atoms with van der Waals surface area (Å²) in [5.41, 5.74) is 0. The molecule has 1 heterocycles. The monoisotopic (exact) mass is 205 g/mol. The minimum atomic E-state index is -0.277. The van der Waals surface area contributed by atoms with Gasteiger partial charge in [-0.1, -0.05) is 30.0 Å². The molecule has 14 heavy (non-hydrogen) atoms. The molecule has 2 rings (SSSR count). The molecule has 0 saturated heterocycles. The molecule has 0 spiro atoms. The van der Waals surface area contributed by atoms with E-state index in [9.17, 15) is 4.39 Å². The zero-order valence-corrected chi connectivity index (χ0v) is 8.17. The topological polar surface area (TPSA) is 12.9 Å². The van der Waals surface area contributed by atoms with Crippen molar-refractivity contribution in [2.75, 3.05) is 0 Å². The van der Waals surface area contributed by atoms with Gasteiger partial charge < -0.3 is 0 Å². The SMILES string of the molecule is Fc1cnccc1Sc1ccccc1. The van der Waals surface area contributed by atoms with Crippen molar-refractivity contribution in [3.05, 3.63) is 54.6 Å². The highest BCUT2D eigenvalue weighted by molar-refractivity contribution is 7.99. The maximum Gasteiger partial charge on any atom is 0.155 e. The van der Waals surface area contributed by atoms with Crippen molar-refractivity contribution in [3.63, 3.8) is 0 Å². The molecule has 0 fully saturated rings. The van der Waals surface area contributed by atoms with Gasteiger partial charge in [0.05, 0.1) is 11.1 Å². The van der Waals surface area contributed by atoms with Gasteiger partial charge in [0.1, 0.15) is 0 Å². The average molecular weight is 205 g/mol. The van der Waals surface area contributed by atoms with Crippen LogP contribution in [0.15, 0.2) is 58.6 Å². The molecule has 3 heteroatoms. The largest absolute Gasteiger partial charge is 0.262 e. The Morgan fingerprint density at radius 3 is 2.57 bits per heavy atom. The zero-order valence-electron chi connectivity index (χ0n) is 7.35. The lowest BCUT2D eigenvalue weighted by Gasteiger charge is -2.01. The van der Waals surface area contributed by atoms with Crippen LogP contribution in [0.1, 0.15) is 0 Å². The highest BCUT2D eigenvalue weighted by Gasteiger charge is 2.02. The van der Waals surface area contributed by atoms with E-state index in [1.54, 1.807) is 12.3 Å². The first-order valence-electron chi connectivity index (χ1n) is 4.18. The van der Waals surface area contributed by atoms with Crippen LogP contribution in [-0.4, -0.2) is 4.98 Å². The molecule has 0 amide bonds. The van der Waals surface area contributed by atoms with Gasteiger partial charge in [-0.2, -0.15) is 0 Å². The third-order valence-electron chi connectivity index (χ3n) is 1.71. The van der Waals surface area contributed by atoms with E-state index in [1.165, 1.54) is 18.0 Å². The van der Waals surface area contributed by atoms with E-state index < -0.39 is 0 Å². The van der Waals surface area contributed by atoms with Gasteiger partial charge in [-0.15, -0.1) is 0 Å². The lowest BCUT2D eigenvalue weighted by atomic mass is 10.4. The van der Waals surface area contributed by atoms with Crippen LogP contribution in [0.4, 0.5) is 4.39 Å². The summed E-state index contributed by atoms with van der Waals surface area (Å²) in [6.45, 7) is 0. The van der Waals surface area contributed by atoms with E-state index >= 15 is 0 Å². The van der Waals surface area contributed by atoms with Gasteiger partial charge in [0.15, 0.2) is 5.82 Å². The first-order valence-corrected chi connectivity index (χ1v) is 5.00. The van der Waals surface area contributed by atoms with Crippen molar-refractivity contribution in [1.82, 2.24) is 4.98 Å². The summed E-state index contributed by atoms with van der Waals surface area (Å²) in [5, 5.41) is 0. The molecule has 0 aliphatic heterocycles. The Kier molecular flexibility index (Phi) is 2.79. The van der Waals surface area contributed by atoms with Gasteiger partial charge in [-0.05, 0) is 18.2 Å². The molecule has 1 aromatic carbocycles. The molecule has 1 nitrogen and oxygen atoms in total. The fourth-order valence-electron chi connectivity index (χ4n) is 1.06. The second kappa shape index (κ2) is 4.24. The number of hydrogen-bond acceptors (Lipinski definition) is 2. The maximum absolute atomic E-state index is 13.2. The van der Waals surface area contributed by atoms with E-state index in [-0.39, 0.29) is 5.82 Å². The van der Waals surface area contributed by atoms with Gasteiger partial charge in [0.25, 0.3) is 0 Å². The van der Waals surface area contributed by atoms with Crippen LogP contribution < -0.4 is 0 Å². The van der Waals surface area contributed by atoms with Crippen molar-refractivity contribution in [1.29, 1.82) is 0 Å². The molecule has 0 bridgehead atoms. The Morgan fingerprint density at radius 2 is 1.86 bits per heavy atom. The fourth-order valence-corrected chi connectivity index (χ4v) is 1.89. The number of aromatic nitrogens is 1. The Morgan fingerprint density at radius 1 is 1.07 bits per heavy atom. The second-order valence-corrected chi connectivity index (χ2v) is 3.84. The number of rotatable bonds is 2. The van der Waals surface area contributed by atoms with E-state index in [2.05, 4.69) is 4.98 Å². The van der Waals surface area contributed by atoms with Crippen molar-refractivity contribution < 1.29 is 4.39 Å². The summed E-state index contributed by atoms with van der Waals surface area (Å²) in [7, 11) is 0. The smallest absolute Gasteiger partial charge is 0.155 e. The van der Waals surface area contributed by atoms with E-state index in [4.69, 9.17) is 0 Å². The van der Waals surface area contributed by atoms with Gasteiger partial charge in [0.2, 0.25) is 0 Å². The van der Waals surface area contributed by atoms with E-state index in [0.29, 0.717) is 4.90 Å². The molecule has 70 valence electrons. The fraction of sp³-hybridized carbons (Fsp3) is 0. The summed E-state index contributed by atoms with van der Waals surface area (Å²) >= 11 is 1.40. The van der Waals surface area contributed by atoms with Crippen LogP contribution >= 0.6 is 11.8 Å². The maximum atomic E-state index is 13.2. The average Bonchev–Trinajstić information content (AvgIpc) is 2.23. The van der Waals surface area contributed by atoms with Crippen LogP contribution in [0.3, 0.4) is 0 Å². The summed E-state index contributed by atoms with van der Waals surface area (Å²) in [6.07, 6.45) is 2.82. The van der Waals surface area contributed by atoms with Crippen molar-refractivity contribution in [3.8, 4) is 0 Å². The number of halogens is 1. The minimum absolute atomic E-state index is 0.277. The third kappa shape index (κ3) is 2.12. The normalized spacial score (nSPS) is 10.1. The van der Waals surface area contributed by atoms with Crippen LogP contribution in [-0.2, 0) is 0 Å². The van der Waals surface area contributed by atoms with E-state index in [0.717, 1.165) is 4.90 Å². The molecule has 0 radical (unpaired) electrons. The molecular weight excluding hydrogens is 197 g/mol. The Hall–Kier alpha value is -1.35. The molecule has 0 atom stereocenters. The van der Waals surface area contributed by atoms with Gasteiger partial charge in [0, 0.05) is 11.1 Å². The molecule has 0 saturated carbocycles. The van der Waals surface area contributed by atoms with Crippen molar-refractivity contribution in [2.45, 2.75) is 9.79 Å². The third-order valence-corrected chi connectivity index (χ3v) is 2.77. The summed E-state index contributed by atoms with van der Waals surface area (Å²) in [6, 6.07) is 11.4. The predicted molar refractivity (Wildman–Crippen MR) is 54.8 cm³/mol. The first-order chi connectivity index (χ1) is 6.86. The lowest BCUT2D eigenvalue weighted by Crippen LogP contribution is -1.81. The predicted octanol–water partition coefficient (Wildman–Crippen LogP) is 3.37.